The zero-order valence-corrected chi connectivity index (χ0v) is 29.7. The molecule has 0 spiro atoms. The van der Waals surface area contributed by atoms with Gasteiger partial charge in [0.15, 0.2) is 0 Å². The van der Waals surface area contributed by atoms with Crippen molar-refractivity contribution in [3.8, 4) is 39.1 Å². The van der Waals surface area contributed by atoms with E-state index in [-0.39, 0.29) is 0 Å². The van der Waals surface area contributed by atoms with E-state index in [9.17, 15) is 0 Å². The first-order valence-electron chi connectivity index (χ1n) is 18.5. The van der Waals surface area contributed by atoms with E-state index in [1.54, 1.807) is 0 Å². The molecule has 0 saturated heterocycles. The highest BCUT2D eigenvalue weighted by molar-refractivity contribution is 6.17. The molecule has 0 fully saturated rings. The summed E-state index contributed by atoms with van der Waals surface area (Å²) in [4.78, 5) is 2.46. The smallest absolute Gasteiger partial charge is 0.0562 e. The monoisotopic (exact) mass is 688 g/mol. The second kappa shape index (κ2) is 13.4. The number of fused-ring (bicyclic) bond motifs is 4. The fraction of sp³-hybridized carbons (Fsp3) is 0. The Morgan fingerprint density at radius 2 is 0.907 bits per heavy atom. The summed E-state index contributed by atoms with van der Waals surface area (Å²) in [6.07, 6.45) is 0. The molecule has 0 unspecified atom stereocenters. The van der Waals surface area contributed by atoms with Gasteiger partial charge in [0.05, 0.1) is 28.1 Å². The van der Waals surface area contributed by atoms with E-state index in [2.05, 4.69) is 228 Å². The molecule has 0 bridgehead atoms. The summed E-state index contributed by atoms with van der Waals surface area (Å²) in [7, 11) is 0. The van der Waals surface area contributed by atoms with Crippen LogP contribution in [-0.2, 0) is 0 Å². The Bertz CT molecular complexity index is 2920. The van der Waals surface area contributed by atoms with Crippen LogP contribution in [0.5, 0.6) is 0 Å². The second-order valence-corrected chi connectivity index (χ2v) is 13.7. The van der Waals surface area contributed by atoms with Crippen LogP contribution in [0.4, 0.5) is 17.1 Å². The Kier molecular flexibility index (Phi) is 7.85. The minimum absolute atomic E-state index is 1.09. The van der Waals surface area contributed by atoms with E-state index < -0.39 is 0 Å². The van der Waals surface area contributed by atoms with Crippen molar-refractivity contribution >= 4 is 49.6 Å². The number of hydrogen-bond donors (Lipinski definition) is 0. The van der Waals surface area contributed by atoms with Gasteiger partial charge in [-0.1, -0.05) is 170 Å². The van der Waals surface area contributed by atoms with E-state index in [1.165, 1.54) is 60.4 Å². The molecule has 0 N–H and O–H groups in total. The maximum Gasteiger partial charge on any atom is 0.0562 e. The van der Waals surface area contributed by atoms with Crippen LogP contribution in [0.1, 0.15) is 0 Å². The minimum atomic E-state index is 1.09. The van der Waals surface area contributed by atoms with Gasteiger partial charge in [0.25, 0.3) is 0 Å². The Morgan fingerprint density at radius 1 is 0.333 bits per heavy atom. The third kappa shape index (κ3) is 5.44. The van der Waals surface area contributed by atoms with Crippen LogP contribution in [0.15, 0.2) is 218 Å². The van der Waals surface area contributed by atoms with Crippen LogP contribution in [0.3, 0.4) is 0 Å². The van der Waals surface area contributed by atoms with Crippen molar-refractivity contribution < 1.29 is 0 Å². The van der Waals surface area contributed by atoms with Crippen LogP contribution in [0.25, 0.3) is 71.6 Å². The van der Waals surface area contributed by atoms with Crippen molar-refractivity contribution in [2.45, 2.75) is 0 Å². The standard InChI is InChI=1S/C52H36N2/c1-3-16-37(17-4-1)39-32-34-43(35-33-39)53(47-25-12-10-23-45(47)42-31-30-38-18-7-8-21-41(38)36-42)50-28-15-29-51-52(50)46-24-11-14-27-49(46)54(51)48-26-13-9-22-44(48)40-19-5-2-6-20-40/h1-36H. The first-order valence-corrected chi connectivity index (χ1v) is 18.5. The van der Waals surface area contributed by atoms with Crippen molar-refractivity contribution in [1.82, 2.24) is 4.57 Å². The highest BCUT2D eigenvalue weighted by atomic mass is 15.2. The second-order valence-electron chi connectivity index (χ2n) is 13.7. The summed E-state index contributed by atoms with van der Waals surface area (Å²) >= 11 is 0. The predicted octanol–water partition coefficient (Wildman–Crippen LogP) is 14.4. The first-order chi connectivity index (χ1) is 26.8. The number of aromatic nitrogens is 1. The average molecular weight is 689 g/mol. The Balaban J connectivity index is 1.25. The molecule has 54 heavy (non-hydrogen) atoms. The molecule has 10 aromatic rings. The van der Waals surface area contributed by atoms with Crippen molar-refractivity contribution in [3.63, 3.8) is 0 Å². The van der Waals surface area contributed by atoms with Gasteiger partial charge in [0, 0.05) is 27.6 Å². The molecule has 2 heteroatoms. The summed E-state index contributed by atoms with van der Waals surface area (Å²) in [6.45, 7) is 0. The van der Waals surface area contributed by atoms with E-state index in [0.29, 0.717) is 0 Å². The fourth-order valence-electron chi connectivity index (χ4n) is 8.09. The van der Waals surface area contributed by atoms with Crippen molar-refractivity contribution in [1.29, 1.82) is 0 Å². The van der Waals surface area contributed by atoms with Gasteiger partial charge in [0.2, 0.25) is 0 Å². The average Bonchev–Trinajstić information content (AvgIpc) is 3.59. The molecule has 2 nitrogen and oxygen atoms in total. The quantitative estimate of drug-likeness (QED) is 0.162. The number of para-hydroxylation sites is 3. The van der Waals surface area contributed by atoms with E-state index in [0.717, 1.165) is 28.3 Å². The molecule has 0 atom stereocenters. The molecule has 0 saturated carbocycles. The molecule has 10 rings (SSSR count). The summed E-state index contributed by atoms with van der Waals surface area (Å²) < 4.78 is 2.45. The fourth-order valence-corrected chi connectivity index (χ4v) is 8.09. The van der Waals surface area contributed by atoms with Gasteiger partial charge >= 0.3 is 0 Å². The molecular formula is C52H36N2. The van der Waals surface area contributed by atoms with E-state index in [4.69, 9.17) is 0 Å². The number of rotatable bonds is 7. The third-order valence-corrected chi connectivity index (χ3v) is 10.6. The summed E-state index contributed by atoms with van der Waals surface area (Å²) in [5, 5.41) is 4.88. The Labute approximate surface area is 315 Å². The van der Waals surface area contributed by atoms with Gasteiger partial charge in [-0.05, 0) is 81.6 Å². The van der Waals surface area contributed by atoms with Crippen LogP contribution >= 0.6 is 0 Å². The molecule has 0 radical (unpaired) electrons. The van der Waals surface area contributed by atoms with Crippen molar-refractivity contribution in [2.75, 3.05) is 4.90 Å². The highest BCUT2D eigenvalue weighted by Gasteiger charge is 2.24. The largest absolute Gasteiger partial charge is 0.309 e. The lowest BCUT2D eigenvalue weighted by atomic mass is 9.98. The van der Waals surface area contributed by atoms with Crippen LogP contribution in [0, 0.1) is 0 Å². The lowest BCUT2D eigenvalue weighted by Crippen LogP contribution is -2.11. The zero-order chi connectivity index (χ0) is 35.8. The molecule has 0 aliphatic carbocycles. The minimum Gasteiger partial charge on any atom is -0.309 e. The van der Waals surface area contributed by atoms with Gasteiger partial charge < -0.3 is 9.47 Å². The van der Waals surface area contributed by atoms with Gasteiger partial charge in [-0.25, -0.2) is 0 Å². The van der Waals surface area contributed by atoms with Gasteiger partial charge in [-0.2, -0.15) is 0 Å². The number of anilines is 3. The summed E-state index contributed by atoms with van der Waals surface area (Å²) in [5.74, 6) is 0. The topological polar surface area (TPSA) is 8.17 Å². The molecule has 0 aliphatic heterocycles. The van der Waals surface area contributed by atoms with E-state index in [1.807, 2.05) is 0 Å². The summed E-state index contributed by atoms with van der Waals surface area (Å²) in [5.41, 5.74) is 14.0. The normalized spacial score (nSPS) is 11.3. The molecular weight excluding hydrogens is 653 g/mol. The van der Waals surface area contributed by atoms with Crippen LogP contribution < -0.4 is 4.90 Å². The van der Waals surface area contributed by atoms with Gasteiger partial charge in [-0.3, -0.25) is 0 Å². The lowest BCUT2D eigenvalue weighted by Gasteiger charge is -2.29. The van der Waals surface area contributed by atoms with Gasteiger partial charge in [0.1, 0.15) is 0 Å². The number of hydrogen-bond acceptors (Lipinski definition) is 1. The maximum absolute atomic E-state index is 2.46. The molecule has 1 heterocycles. The molecule has 0 amide bonds. The molecule has 9 aromatic carbocycles. The maximum atomic E-state index is 2.46. The Morgan fingerprint density at radius 3 is 1.72 bits per heavy atom. The predicted molar refractivity (Wildman–Crippen MR) is 229 cm³/mol. The zero-order valence-electron chi connectivity index (χ0n) is 29.7. The first kappa shape index (κ1) is 31.6. The molecule has 254 valence electrons. The van der Waals surface area contributed by atoms with Crippen LogP contribution in [-0.4, -0.2) is 4.57 Å². The molecule has 0 aliphatic rings. The van der Waals surface area contributed by atoms with Crippen molar-refractivity contribution in [3.05, 3.63) is 218 Å². The van der Waals surface area contributed by atoms with Crippen LogP contribution in [0.2, 0.25) is 0 Å². The van der Waals surface area contributed by atoms with Gasteiger partial charge in [-0.15, -0.1) is 0 Å². The lowest BCUT2D eigenvalue weighted by molar-refractivity contribution is 1.18. The summed E-state index contributed by atoms with van der Waals surface area (Å²) in [6, 6.07) is 78.9. The molecule has 1 aromatic heterocycles. The number of benzene rings is 9. The Hall–Kier alpha value is -7.16. The third-order valence-electron chi connectivity index (χ3n) is 10.6. The van der Waals surface area contributed by atoms with Crippen molar-refractivity contribution in [2.24, 2.45) is 0 Å². The number of nitrogens with zero attached hydrogens (tertiary/aromatic N) is 2. The van der Waals surface area contributed by atoms with E-state index >= 15 is 0 Å². The SMILES string of the molecule is c1ccc(-c2ccc(N(c3ccccc3-c3ccc4ccccc4c3)c3cccc4c3c3ccccc3n4-c3ccccc3-c3ccccc3)cc2)cc1. The highest BCUT2D eigenvalue weighted by Crippen LogP contribution is 2.47.